The summed E-state index contributed by atoms with van der Waals surface area (Å²) in [5.41, 5.74) is 2.42. The highest BCUT2D eigenvalue weighted by atomic mass is 16.5. The van der Waals surface area contributed by atoms with Crippen LogP contribution in [0.3, 0.4) is 0 Å². The number of rotatable bonds is 2. The molecule has 4 heteroatoms. The Balaban J connectivity index is 2.25. The minimum atomic E-state index is -0.148. The lowest BCUT2D eigenvalue weighted by Gasteiger charge is -2.18. The molecule has 0 spiro atoms. The molecule has 1 aliphatic heterocycles. The minimum absolute atomic E-state index is 0.148. The van der Waals surface area contributed by atoms with Gasteiger partial charge in [-0.3, -0.25) is 5.21 Å². The van der Waals surface area contributed by atoms with Gasteiger partial charge in [0.25, 0.3) is 5.69 Å². The summed E-state index contributed by atoms with van der Waals surface area (Å²) in [6, 6.07) is 11.3. The number of methoxy groups -OCH3 is 1. The van der Waals surface area contributed by atoms with Crippen molar-refractivity contribution >= 4 is 5.57 Å². The Morgan fingerprint density at radius 3 is 2.77 bits per heavy atom. The summed E-state index contributed by atoms with van der Waals surface area (Å²) >= 11 is 0. The van der Waals surface area contributed by atoms with Crippen molar-refractivity contribution in [3.8, 4) is 11.5 Å². The highest BCUT2D eigenvalue weighted by Crippen LogP contribution is 2.39. The van der Waals surface area contributed by atoms with Gasteiger partial charge in [-0.05, 0) is 24.3 Å². The summed E-state index contributed by atoms with van der Waals surface area (Å²) in [6.07, 6.45) is 3.76. The predicted molar refractivity (Wildman–Crippen MR) is 83.2 cm³/mol. The van der Waals surface area contributed by atoms with E-state index < -0.39 is 0 Å². The molecule has 0 atom stereocenters. The Labute approximate surface area is 130 Å². The van der Waals surface area contributed by atoms with E-state index in [1.807, 2.05) is 30.3 Å². The standard InChI is InChI=1S/C18H20NO3/c1-18(2)11-15(16-6-4-5-9-19(16)20)14-10-13(21-3)7-8-17(14)22-12-18/h4-11,20H,12H2,1-3H3/q+1. The Hall–Kier alpha value is -2.49. The van der Waals surface area contributed by atoms with Crippen LogP contribution in [-0.2, 0) is 0 Å². The molecular weight excluding hydrogens is 278 g/mol. The molecule has 1 aliphatic rings. The molecule has 0 fully saturated rings. The molecule has 0 bridgehead atoms. The van der Waals surface area contributed by atoms with Crippen LogP contribution in [0.15, 0.2) is 48.7 Å². The van der Waals surface area contributed by atoms with E-state index >= 15 is 0 Å². The molecule has 2 heterocycles. The van der Waals surface area contributed by atoms with Crippen molar-refractivity contribution in [2.75, 3.05) is 13.7 Å². The van der Waals surface area contributed by atoms with Crippen LogP contribution in [0.5, 0.6) is 11.5 Å². The van der Waals surface area contributed by atoms with Gasteiger partial charge in [-0.2, -0.15) is 0 Å². The SMILES string of the molecule is COc1ccc2c(c1)C(c1cccc[n+]1O)=CC(C)(C)CO2. The van der Waals surface area contributed by atoms with Gasteiger partial charge in [0.05, 0.1) is 19.3 Å². The average Bonchev–Trinajstić information content (AvgIpc) is 2.64. The third-order valence-electron chi connectivity index (χ3n) is 3.73. The van der Waals surface area contributed by atoms with E-state index in [0.29, 0.717) is 6.61 Å². The van der Waals surface area contributed by atoms with E-state index in [1.165, 1.54) is 0 Å². The first-order valence-electron chi connectivity index (χ1n) is 7.24. The third-order valence-corrected chi connectivity index (χ3v) is 3.73. The third kappa shape index (κ3) is 2.64. The largest absolute Gasteiger partial charge is 0.497 e. The monoisotopic (exact) mass is 298 g/mol. The fraction of sp³-hybridized carbons (Fsp3) is 0.278. The van der Waals surface area contributed by atoms with Crippen molar-refractivity contribution in [3.05, 3.63) is 59.9 Å². The zero-order valence-corrected chi connectivity index (χ0v) is 13.0. The van der Waals surface area contributed by atoms with Gasteiger partial charge in [-0.15, -0.1) is 0 Å². The molecule has 2 aromatic rings. The number of nitrogens with zero attached hydrogens (tertiary/aromatic N) is 1. The van der Waals surface area contributed by atoms with E-state index in [9.17, 15) is 5.21 Å². The van der Waals surface area contributed by atoms with E-state index in [-0.39, 0.29) is 5.41 Å². The van der Waals surface area contributed by atoms with E-state index in [1.54, 1.807) is 19.4 Å². The smallest absolute Gasteiger partial charge is 0.264 e. The molecule has 4 nitrogen and oxygen atoms in total. The number of fused-ring (bicyclic) bond motifs is 1. The quantitative estimate of drug-likeness (QED) is 0.684. The number of hydrogen-bond acceptors (Lipinski definition) is 3. The maximum atomic E-state index is 10.2. The summed E-state index contributed by atoms with van der Waals surface area (Å²) in [4.78, 5) is 0. The van der Waals surface area contributed by atoms with Gasteiger partial charge in [0.15, 0.2) is 0 Å². The van der Waals surface area contributed by atoms with Gasteiger partial charge >= 0.3 is 0 Å². The summed E-state index contributed by atoms with van der Waals surface area (Å²) in [5.74, 6) is 1.55. The first kappa shape index (κ1) is 14.4. The van der Waals surface area contributed by atoms with E-state index in [0.717, 1.165) is 33.1 Å². The number of ether oxygens (including phenoxy) is 2. The van der Waals surface area contributed by atoms with Crippen LogP contribution < -0.4 is 14.2 Å². The van der Waals surface area contributed by atoms with Crippen molar-refractivity contribution in [1.82, 2.24) is 0 Å². The summed E-state index contributed by atoms with van der Waals surface area (Å²) in [6.45, 7) is 4.80. The highest BCUT2D eigenvalue weighted by Gasteiger charge is 2.29. The van der Waals surface area contributed by atoms with Gasteiger partial charge in [0.1, 0.15) is 11.5 Å². The second-order valence-corrected chi connectivity index (χ2v) is 6.13. The molecule has 1 N–H and O–H groups in total. The van der Waals surface area contributed by atoms with Crippen molar-refractivity contribution in [2.45, 2.75) is 13.8 Å². The fourth-order valence-electron chi connectivity index (χ4n) is 2.61. The van der Waals surface area contributed by atoms with Crippen LogP contribution in [0.4, 0.5) is 0 Å². The van der Waals surface area contributed by atoms with Gasteiger partial charge in [-0.25, -0.2) is 0 Å². The Bertz CT molecular complexity index is 735. The molecule has 1 aromatic carbocycles. The highest BCUT2D eigenvalue weighted by molar-refractivity contribution is 5.81. The van der Waals surface area contributed by atoms with E-state index in [4.69, 9.17) is 9.47 Å². The van der Waals surface area contributed by atoms with Crippen LogP contribution in [0.2, 0.25) is 0 Å². The molecule has 0 radical (unpaired) electrons. The first-order valence-corrected chi connectivity index (χ1v) is 7.24. The number of aromatic nitrogens is 1. The van der Waals surface area contributed by atoms with Gasteiger partial charge in [-0.1, -0.05) is 19.9 Å². The van der Waals surface area contributed by atoms with Crippen LogP contribution in [0.1, 0.15) is 25.1 Å². The molecule has 114 valence electrons. The maximum absolute atomic E-state index is 10.2. The van der Waals surface area contributed by atoms with Gasteiger partial charge in [0, 0.05) is 27.8 Å². The number of benzene rings is 1. The molecule has 0 saturated heterocycles. The van der Waals surface area contributed by atoms with Crippen LogP contribution in [-0.4, -0.2) is 18.9 Å². The lowest BCUT2D eigenvalue weighted by molar-refractivity contribution is -0.906. The van der Waals surface area contributed by atoms with Crippen LogP contribution in [0, 0.1) is 5.41 Å². The molecule has 3 rings (SSSR count). The molecule has 0 amide bonds. The molecule has 0 unspecified atom stereocenters. The molecular formula is C18H20NO3+. The van der Waals surface area contributed by atoms with Gasteiger partial charge < -0.3 is 9.47 Å². The second kappa shape index (κ2) is 5.37. The van der Waals surface area contributed by atoms with Crippen molar-refractivity contribution in [3.63, 3.8) is 0 Å². The van der Waals surface area contributed by atoms with Crippen molar-refractivity contribution in [1.29, 1.82) is 0 Å². The zero-order valence-electron chi connectivity index (χ0n) is 13.0. The van der Waals surface area contributed by atoms with Crippen LogP contribution in [0.25, 0.3) is 5.57 Å². The summed E-state index contributed by atoms with van der Waals surface area (Å²) in [5, 5.41) is 10.2. The lowest BCUT2D eigenvalue weighted by Crippen LogP contribution is -2.34. The van der Waals surface area contributed by atoms with Gasteiger partial charge in [0.2, 0.25) is 6.20 Å². The maximum Gasteiger partial charge on any atom is 0.264 e. The van der Waals surface area contributed by atoms with Crippen molar-refractivity contribution < 1.29 is 19.4 Å². The van der Waals surface area contributed by atoms with E-state index in [2.05, 4.69) is 19.9 Å². The molecule has 22 heavy (non-hydrogen) atoms. The minimum Gasteiger partial charge on any atom is -0.497 e. The number of pyridine rings is 1. The normalized spacial score (nSPS) is 16.0. The average molecular weight is 298 g/mol. The first-order chi connectivity index (χ1) is 10.5. The zero-order chi connectivity index (χ0) is 15.7. The predicted octanol–water partition coefficient (Wildman–Crippen LogP) is 3.07. The lowest BCUT2D eigenvalue weighted by atomic mass is 9.89. The Kier molecular flexibility index (Phi) is 3.53. The molecule has 0 aliphatic carbocycles. The Morgan fingerprint density at radius 1 is 1.23 bits per heavy atom. The Morgan fingerprint density at radius 2 is 2.05 bits per heavy atom. The van der Waals surface area contributed by atoms with Crippen molar-refractivity contribution in [2.24, 2.45) is 5.41 Å². The molecule has 0 saturated carbocycles. The fourth-order valence-corrected chi connectivity index (χ4v) is 2.61. The number of hydrogen-bond donors (Lipinski definition) is 1. The van der Waals surface area contributed by atoms with Crippen LogP contribution >= 0.6 is 0 Å². The summed E-state index contributed by atoms with van der Waals surface area (Å²) in [7, 11) is 1.64. The topological polar surface area (TPSA) is 42.6 Å². The second-order valence-electron chi connectivity index (χ2n) is 6.13. The summed E-state index contributed by atoms with van der Waals surface area (Å²) < 4.78 is 12.4. The molecule has 1 aromatic heterocycles.